The van der Waals surface area contributed by atoms with Crippen molar-refractivity contribution in [3.05, 3.63) is 33.9 Å². The van der Waals surface area contributed by atoms with Crippen molar-refractivity contribution < 1.29 is 4.92 Å². The number of nitrogens with one attached hydrogen (secondary N) is 1. The number of benzene rings is 1. The summed E-state index contributed by atoms with van der Waals surface area (Å²) in [6, 6.07) is 6.00. The van der Waals surface area contributed by atoms with Gasteiger partial charge >= 0.3 is 0 Å². The molecule has 1 N–H and O–H groups in total. The average Bonchev–Trinajstić information content (AvgIpc) is 2.26. The lowest BCUT2D eigenvalue weighted by Gasteiger charge is -2.03. The Balaban J connectivity index is 3.12. The molecule has 0 saturated carbocycles. The Morgan fingerprint density at radius 1 is 1.60 bits per heavy atom. The van der Waals surface area contributed by atoms with Crippen LogP contribution in [0.4, 0.5) is 11.4 Å². The molecule has 0 spiro atoms. The van der Waals surface area contributed by atoms with Crippen molar-refractivity contribution in [2.24, 2.45) is 0 Å². The molecule has 5 heteroatoms. The van der Waals surface area contributed by atoms with Gasteiger partial charge in [0.25, 0.3) is 5.69 Å². The van der Waals surface area contributed by atoms with E-state index in [1.807, 2.05) is 6.07 Å². The third kappa shape index (κ3) is 2.45. The van der Waals surface area contributed by atoms with Crippen molar-refractivity contribution in [1.82, 2.24) is 0 Å². The number of rotatable bonds is 3. The van der Waals surface area contributed by atoms with Crippen LogP contribution in [0.15, 0.2) is 18.2 Å². The molecule has 74 valence electrons. The Morgan fingerprint density at radius 2 is 2.33 bits per heavy atom. The summed E-state index contributed by atoms with van der Waals surface area (Å²) in [5, 5.41) is 22.0. The highest BCUT2D eigenvalue weighted by molar-refractivity contribution is 5.64. The molecule has 0 bridgehead atoms. The van der Waals surface area contributed by atoms with Crippen molar-refractivity contribution in [1.29, 1.82) is 5.26 Å². The molecule has 1 aromatic carbocycles. The second-order valence-electron chi connectivity index (χ2n) is 2.66. The molecule has 0 amide bonds. The Hall–Kier alpha value is -2.53. The van der Waals surface area contributed by atoms with Gasteiger partial charge in [-0.25, -0.2) is 0 Å². The van der Waals surface area contributed by atoms with Gasteiger partial charge in [-0.15, -0.1) is 6.42 Å². The predicted molar refractivity (Wildman–Crippen MR) is 55.1 cm³/mol. The van der Waals surface area contributed by atoms with E-state index in [1.165, 1.54) is 18.2 Å². The van der Waals surface area contributed by atoms with E-state index in [2.05, 4.69) is 11.2 Å². The lowest BCUT2D eigenvalue weighted by Crippen LogP contribution is -2.02. The molecule has 5 nitrogen and oxygen atoms in total. The first-order valence-electron chi connectivity index (χ1n) is 4.05. The number of hydrogen-bond donors (Lipinski definition) is 1. The highest BCUT2D eigenvalue weighted by Gasteiger charge is 2.13. The summed E-state index contributed by atoms with van der Waals surface area (Å²) in [5.41, 5.74) is 0.411. The van der Waals surface area contributed by atoms with Gasteiger partial charge in [0.1, 0.15) is 5.69 Å². The smallest absolute Gasteiger partial charge is 0.293 e. The third-order valence-corrected chi connectivity index (χ3v) is 1.70. The molecule has 0 saturated heterocycles. The van der Waals surface area contributed by atoms with Crippen molar-refractivity contribution in [3.63, 3.8) is 0 Å². The van der Waals surface area contributed by atoms with E-state index < -0.39 is 4.92 Å². The van der Waals surface area contributed by atoms with Crippen LogP contribution in [0.25, 0.3) is 0 Å². The van der Waals surface area contributed by atoms with Crippen LogP contribution in [0.5, 0.6) is 0 Å². The van der Waals surface area contributed by atoms with Crippen LogP contribution >= 0.6 is 0 Å². The van der Waals surface area contributed by atoms with Crippen LogP contribution < -0.4 is 5.32 Å². The summed E-state index contributed by atoms with van der Waals surface area (Å²) in [7, 11) is 0. The van der Waals surface area contributed by atoms with Crippen LogP contribution in [-0.4, -0.2) is 11.5 Å². The molecule has 0 aliphatic heterocycles. The number of nitriles is 1. The van der Waals surface area contributed by atoms with Gasteiger partial charge in [-0.3, -0.25) is 10.1 Å². The molecule has 15 heavy (non-hydrogen) atoms. The Morgan fingerprint density at radius 3 is 2.87 bits per heavy atom. The summed E-state index contributed by atoms with van der Waals surface area (Å²) < 4.78 is 0. The molecule has 1 aromatic rings. The fourth-order valence-electron chi connectivity index (χ4n) is 1.05. The second-order valence-corrected chi connectivity index (χ2v) is 2.66. The van der Waals surface area contributed by atoms with Crippen molar-refractivity contribution in [3.8, 4) is 18.4 Å². The van der Waals surface area contributed by atoms with Crippen molar-refractivity contribution in [2.45, 2.75) is 0 Å². The second kappa shape index (κ2) is 4.64. The van der Waals surface area contributed by atoms with E-state index in [1.54, 1.807) is 0 Å². The third-order valence-electron chi connectivity index (χ3n) is 1.70. The van der Waals surface area contributed by atoms with Crippen LogP contribution in [0.1, 0.15) is 5.56 Å². The van der Waals surface area contributed by atoms with E-state index in [4.69, 9.17) is 11.7 Å². The molecule has 0 aliphatic carbocycles. The summed E-state index contributed by atoms with van der Waals surface area (Å²) in [6.07, 6.45) is 5.02. The first-order valence-corrected chi connectivity index (χ1v) is 4.05. The zero-order chi connectivity index (χ0) is 11.3. The van der Waals surface area contributed by atoms with Gasteiger partial charge in [0.05, 0.1) is 23.1 Å². The van der Waals surface area contributed by atoms with E-state index >= 15 is 0 Å². The minimum absolute atomic E-state index is 0.149. The first-order chi connectivity index (χ1) is 7.19. The van der Waals surface area contributed by atoms with Gasteiger partial charge in [-0.1, -0.05) is 5.92 Å². The fourth-order valence-corrected chi connectivity index (χ4v) is 1.05. The molecule has 0 aromatic heterocycles. The number of anilines is 1. The molecular formula is C10H7N3O2. The number of nitrogens with zero attached hydrogens (tertiary/aromatic N) is 2. The number of nitro benzene ring substituents is 1. The van der Waals surface area contributed by atoms with Crippen LogP contribution in [0.2, 0.25) is 0 Å². The topological polar surface area (TPSA) is 79.0 Å². The highest BCUT2D eigenvalue weighted by Crippen LogP contribution is 2.24. The maximum Gasteiger partial charge on any atom is 0.293 e. The fraction of sp³-hybridized carbons (Fsp3) is 0.100. The van der Waals surface area contributed by atoms with Crippen LogP contribution in [0.3, 0.4) is 0 Å². The summed E-state index contributed by atoms with van der Waals surface area (Å²) in [4.78, 5) is 10.1. The maximum atomic E-state index is 10.7. The minimum atomic E-state index is -0.556. The molecule has 1 rings (SSSR count). The minimum Gasteiger partial charge on any atom is -0.369 e. The SMILES string of the molecule is C#CCNc1ccc(C#N)cc1[N+](=O)[O-]. The lowest BCUT2D eigenvalue weighted by atomic mass is 10.2. The molecule has 0 radical (unpaired) electrons. The van der Waals surface area contributed by atoms with Gasteiger partial charge in [0.2, 0.25) is 0 Å². The number of hydrogen-bond acceptors (Lipinski definition) is 4. The van der Waals surface area contributed by atoms with Gasteiger partial charge in [-0.2, -0.15) is 5.26 Å². The largest absolute Gasteiger partial charge is 0.369 e. The first kappa shape index (κ1) is 10.6. The van der Waals surface area contributed by atoms with E-state index in [0.717, 1.165) is 0 Å². The highest BCUT2D eigenvalue weighted by atomic mass is 16.6. The average molecular weight is 201 g/mol. The molecule has 0 fully saturated rings. The molecule has 0 heterocycles. The van der Waals surface area contributed by atoms with Crippen LogP contribution in [-0.2, 0) is 0 Å². The van der Waals surface area contributed by atoms with Gasteiger partial charge in [-0.05, 0) is 12.1 Å². The zero-order valence-corrected chi connectivity index (χ0v) is 7.73. The summed E-state index contributed by atoms with van der Waals surface area (Å²) >= 11 is 0. The molecule has 0 aliphatic rings. The normalized spacial score (nSPS) is 8.67. The van der Waals surface area contributed by atoms with Crippen LogP contribution in [0, 0.1) is 33.8 Å². The zero-order valence-electron chi connectivity index (χ0n) is 7.73. The Kier molecular flexibility index (Phi) is 3.26. The molecular weight excluding hydrogens is 194 g/mol. The monoisotopic (exact) mass is 201 g/mol. The number of nitro groups is 1. The van der Waals surface area contributed by atoms with Gasteiger partial charge in [0.15, 0.2) is 0 Å². The Bertz CT molecular complexity index is 469. The van der Waals surface area contributed by atoms with Crippen molar-refractivity contribution in [2.75, 3.05) is 11.9 Å². The standard InChI is InChI=1S/C10H7N3O2/c1-2-5-12-9-4-3-8(7-11)6-10(9)13(14)15/h1,3-4,6,12H,5H2. The van der Waals surface area contributed by atoms with Crippen molar-refractivity contribution >= 4 is 11.4 Å². The quantitative estimate of drug-likeness (QED) is 0.456. The van der Waals surface area contributed by atoms with E-state index in [0.29, 0.717) is 5.69 Å². The Labute approximate surface area is 86.5 Å². The molecule has 0 unspecified atom stereocenters. The van der Waals surface area contributed by atoms with E-state index in [-0.39, 0.29) is 17.8 Å². The van der Waals surface area contributed by atoms with Gasteiger partial charge < -0.3 is 5.32 Å². The van der Waals surface area contributed by atoms with Gasteiger partial charge in [0, 0.05) is 6.07 Å². The lowest BCUT2D eigenvalue weighted by molar-refractivity contribution is -0.384. The summed E-state index contributed by atoms with van der Waals surface area (Å²) in [5.74, 6) is 2.31. The maximum absolute atomic E-state index is 10.7. The molecule has 0 atom stereocenters. The van der Waals surface area contributed by atoms with E-state index in [9.17, 15) is 10.1 Å². The predicted octanol–water partition coefficient (Wildman–Crippen LogP) is 1.51. The summed E-state index contributed by atoms with van der Waals surface area (Å²) in [6.45, 7) is 0.201. The number of terminal acetylenes is 1.